The monoisotopic (exact) mass is 392 g/mol. The summed E-state index contributed by atoms with van der Waals surface area (Å²) in [6.07, 6.45) is 4.58. The van der Waals surface area contributed by atoms with Gasteiger partial charge in [0.1, 0.15) is 6.54 Å². The van der Waals surface area contributed by atoms with Crippen molar-refractivity contribution in [2.75, 3.05) is 11.1 Å². The Labute approximate surface area is 158 Å². The van der Waals surface area contributed by atoms with Crippen LogP contribution in [0.5, 0.6) is 0 Å². The van der Waals surface area contributed by atoms with Crippen LogP contribution in [-0.4, -0.2) is 30.8 Å². The molecule has 0 atom stereocenters. The van der Waals surface area contributed by atoms with Crippen molar-refractivity contribution in [1.29, 1.82) is 0 Å². The zero-order valence-electron chi connectivity index (χ0n) is 13.4. The number of carbonyl (C=O) groups is 1. The average Bonchev–Trinajstić information content (AvgIpc) is 3.03. The molecule has 0 spiro atoms. The van der Waals surface area contributed by atoms with E-state index in [4.69, 9.17) is 34.0 Å². The maximum Gasteiger partial charge on any atom is 0.325 e. The second-order valence-electron chi connectivity index (χ2n) is 5.36. The Bertz CT molecular complexity index is 939. The van der Waals surface area contributed by atoms with Crippen molar-refractivity contribution >= 4 is 40.8 Å². The summed E-state index contributed by atoms with van der Waals surface area (Å²) in [6, 6.07) is 5.25. The fraction of sp³-hybridized carbons (Fsp3) is 0.125. The average molecular weight is 393 g/mol. The Kier molecular flexibility index (Phi) is 5.24. The van der Waals surface area contributed by atoms with Crippen LogP contribution in [0.2, 0.25) is 10.0 Å². The lowest BCUT2D eigenvalue weighted by atomic mass is 10.2. The van der Waals surface area contributed by atoms with E-state index in [0.717, 1.165) is 5.56 Å². The summed E-state index contributed by atoms with van der Waals surface area (Å²) >= 11 is 12.3. The van der Waals surface area contributed by atoms with Gasteiger partial charge in [-0.15, -0.1) is 0 Å². The molecule has 2 aromatic heterocycles. The number of nitrogen functional groups attached to an aromatic ring is 1. The summed E-state index contributed by atoms with van der Waals surface area (Å²) in [7, 11) is 0. The highest BCUT2D eigenvalue weighted by atomic mass is 35.5. The normalized spacial score (nSPS) is 10.7. The molecule has 4 N–H and O–H groups in total. The minimum Gasteiger partial charge on any atom is -0.480 e. The van der Waals surface area contributed by atoms with Gasteiger partial charge < -0.3 is 16.2 Å². The maximum atomic E-state index is 10.8. The van der Waals surface area contributed by atoms with Gasteiger partial charge in [0.05, 0.1) is 18.1 Å². The molecule has 0 aliphatic heterocycles. The first-order valence-electron chi connectivity index (χ1n) is 7.48. The standard InChI is InChI=1S/C16H14Cl2N6O2/c17-11-2-1-3-12(18)10(11)5-21-16-15(19)20-6-13(23-16)9-4-22-24(7-9)8-14(25)26/h1-4,6-7H,5,8H2,(H2,19,20)(H,21,23)(H,25,26). The Morgan fingerprint density at radius 1 is 1.27 bits per heavy atom. The van der Waals surface area contributed by atoms with Crippen molar-refractivity contribution in [2.24, 2.45) is 0 Å². The van der Waals surface area contributed by atoms with E-state index < -0.39 is 5.97 Å². The largest absolute Gasteiger partial charge is 0.480 e. The Morgan fingerprint density at radius 2 is 2.00 bits per heavy atom. The lowest BCUT2D eigenvalue weighted by Crippen LogP contribution is -2.08. The van der Waals surface area contributed by atoms with E-state index in [2.05, 4.69) is 20.4 Å². The molecule has 1 aromatic carbocycles. The van der Waals surface area contributed by atoms with Gasteiger partial charge in [0.2, 0.25) is 0 Å². The van der Waals surface area contributed by atoms with Crippen molar-refractivity contribution < 1.29 is 9.90 Å². The topological polar surface area (TPSA) is 119 Å². The predicted octanol–water partition coefficient (Wildman–Crippen LogP) is 2.93. The number of carboxylic acid groups (broad SMARTS) is 1. The third-order valence-electron chi connectivity index (χ3n) is 3.52. The molecule has 8 nitrogen and oxygen atoms in total. The summed E-state index contributed by atoms with van der Waals surface area (Å²) in [5, 5.41) is 16.9. The SMILES string of the molecule is Nc1ncc(-c2cnn(CC(=O)O)c2)nc1NCc1c(Cl)cccc1Cl. The van der Waals surface area contributed by atoms with Crippen LogP contribution >= 0.6 is 23.2 Å². The number of aliphatic carboxylic acids is 1. The van der Waals surface area contributed by atoms with Gasteiger partial charge in [0.15, 0.2) is 11.6 Å². The smallest absolute Gasteiger partial charge is 0.325 e. The van der Waals surface area contributed by atoms with E-state index in [1.807, 2.05) is 0 Å². The van der Waals surface area contributed by atoms with Crippen LogP contribution in [-0.2, 0) is 17.9 Å². The molecular formula is C16H14Cl2N6O2. The number of hydrogen-bond donors (Lipinski definition) is 3. The van der Waals surface area contributed by atoms with E-state index in [1.165, 1.54) is 17.1 Å². The van der Waals surface area contributed by atoms with Crippen LogP contribution in [0.25, 0.3) is 11.3 Å². The molecule has 10 heteroatoms. The lowest BCUT2D eigenvalue weighted by molar-refractivity contribution is -0.137. The molecule has 0 unspecified atom stereocenters. The Morgan fingerprint density at radius 3 is 2.69 bits per heavy atom. The van der Waals surface area contributed by atoms with Crippen molar-refractivity contribution in [1.82, 2.24) is 19.7 Å². The molecule has 3 aromatic rings. The van der Waals surface area contributed by atoms with Crippen molar-refractivity contribution in [3.8, 4) is 11.3 Å². The van der Waals surface area contributed by atoms with E-state index in [0.29, 0.717) is 33.7 Å². The third-order valence-corrected chi connectivity index (χ3v) is 4.23. The summed E-state index contributed by atoms with van der Waals surface area (Å²) < 4.78 is 1.30. The van der Waals surface area contributed by atoms with Gasteiger partial charge in [-0.25, -0.2) is 9.97 Å². The Hall–Kier alpha value is -2.84. The van der Waals surface area contributed by atoms with Gasteiger partial charge in [-0.2, -0.15) is 5.10 Å². The number of aromatic nitrogens is 4. The maximum absolute atomic E-state index is 10.8. The molecule has 0 radical (unpaired) electrons. The molecular weight excluding hydrogens is 379 g/mol. The molecule has 134 valence electrons. The molecule has 0 aliphatic rings. The summed E-state index contributed by atoms with van der Waals surface area (Å²) in [5.41, 5.74) is 7.72. The number of halogens is 2. The number of nitrogens with one attached hydrogen (secondary N) is 1. The fourth-order valence-electron chi connectivity index (χ4n) is 2.26. The second-order valence-corrected chi connectivity index (χ2v) is 6.18. The molecule has 0 bridgehead atoms. The van der Waals surface area contributed by atoms with Crippen LogP contribution in [0.3, 0.4) is 0 Å². The summed E-state index contributed by atoms with van der Waals surface area (Å²) in [4.78, 5) is 19.3. The number of anilines is 2. The highest BCUT2D eigenvalue weighted by Crippen LogP contribution is 2.26. The molecule has 0 aliphatic carbocycles. The zero-order chi connectivity index (χ0) is 18.7. The number of carboxylic acids is 1. The van der Waals surface area contributed by atoms with Crippen LogP contribution in [0.1, 0.15) is 5.56 Å². The second kappa shape index (κ2) is 7.59. The van der Waals surface area contributed by atoms with Crippen LogP contribution < -0.4 is 11.1 Å². The number of hydrogen-bond acceptors (Lipinski definition) is 6. The van der Waals surface area contributed by atoms with Gasteiger partial charge >= 0.3 is 5.97 Å². The van der Waals surface area contributed by atoms with E-state index in [1.54, 1.807) is 24.4 Å². The van der Waals surface area contributed by atoms with Crippen LogP contribution in [0.4, 0.5) is 11.6 Å². The minimum absolute atomic E-state index is 0.217. The first kappa shape index (κ1) is 18.0. The summed E-state index contributed by atoms with van der Waals surface area (Å²) in [5.74, 6) is -0.402. The lowest BCUT2D eigenvalue weighted by Gasteiger charge is -2.11. The minimum atomic E-state index is -0.984. The number of benzene rings is 1. The van der Waals surface area contributed by atoms with Crippen LogP contribution in [0.15, 0.2) is 36.8 Å². The summed E-state index contributed by atoms with van der Waals surface area (Å²) in [6.45, 7) is 0.0810. The fourth-order valence-corrected chi connectivity index (χ4v) is 2.79. The number of nitrogens with zero attached hydrogens (tertiary/aromatic N) is 4. The molecule has 0 fully saturated rings. The van der Waals surface area contributed by atoms with E-state index in [-0.39, 0.29) is 12.4 Å². The van der Waals surface area contributed by atoms with E-state index >= 15 is 0 Å². The highest BCUT2D eigenvalue weighted by molar-refractivity contribution is 6.36. The quantitative estimate of drug-likeness (QED) is 0.589. The number of nitrogens with two attached hydrogens (primary N) is 1. The van der Waals surface area contributed by atoms with Gasteiger partial charge in [0, 0.05) is 33.9 Å². The first-order chi connectivity index (χ1) is 12.4. The molecule has 0 saturated carbocycles. The van der Waals surface area contributed by atoms with Gasteiger partial charge in [-0.3, -0.25) is 9.48 Å². The van der Waals surface area contributed by atoms with Crippen molar-refractivity contribution in [3.05, 3.63) is 52.4 Å². The van der Waals surface area contributed by atoms with Gasteiger partial charge in [-0.05, 0) is 12.1 Å². The predicted molar refractivity (Wildman–Crippen MR) is 99.1 cm³/mol. The van der Waals surface area contributed by atoms with Gasteiger partial charge in [0.25, 0.3) is 0 Å². The Balaban J connectivity index is 1.82. The zero-order valence-corrected chi connectivity index (χ0v) is 14.9. The first-order valence-corrected chi connectivity index (χ1v) is 8.23. The highest BCUT2D eigenvalue weighted by Gasteiger charge is 2.11. The van der Waals surface area contributed by atoms with E-state index in [9.17, 15) is 4.79 Å². The molecule has 3 rings (SSSR count). The molecule has 26 heavy (non-hydrogen) atoms. The molecule has 2 heterocycles. The van der Waals surface area contributed by atoms with Crippen LogP contribution in [0, 0.1) is 0 Å². The van der Waals surface area contributed by atoms with Gasteiger partial charge in [-0.1, -0.05) is 29.3 Å². The molecule has 0 amide bonds. The number of rotatable bonds is 6. The van der Waals surface area contributed by atoms with Crippen molar-refractivity contribution in [3.63, 3.8) is 0 Å². The third kappa shape index (κ3) is 4.04. The molecule has 0 saturated heterocycles. The van der Waals surface area contributed by atoms with Crippen molar-refractivity contribution in [2.45, 2.75) is 13.1 Å².